The van der Waals surface area contributed by atoms with Crippen LogP contribution in [0.1, 0.15) is 17.4 Å². The van der Waals surface area contributed by atoms with Crippen molar-refractivity contribution >= 4 is 16.7 Å². The highest BCUT2D eigenvalue weighted by atomic mass is 16.6. The molecule has 3 rings (SSSR count). The SMILES string of the molecule is COc1ccc2oc(C(OC)c3ccc([N+](=O)[O-])cc3)cc2c1. The van der Waals surface area contributed by atoms with Gasteiger partial charge in [0.2, 0.25) is 0 Å². The summed E-state index contributed by atoms with van der Waals surface area (Å²) in [7, 11) is 3.18. The van der Waals surface area contributed by atoms with Gasteiger partial charge in [0, 0.05) is 24.6 Å². The van der Waals surface area contributed by atoms with Gasteiger partial charge in [-0.2, -0.15) is 0 Å². The van der Waals surface area contributed by atoms with E-state index in [1.54, 1.807) is 26.4 Å². The Balaban J connectivity index is 1.98. The van der Waals surface area contributed by atoms with E-state index >= 15 is 0 Å². The van der Waals surface area contributed by atoms with E-state index in [1.807, 2.05) is 24.3 Å². The largest absolute Gasteiger partial charge is 0.497 e. The van der Waals surface area contributed by atoms with E-state index in [9.17, 15) is 10.1 Å². The molecule has 6 heteroatoms. The molecular formula is C17H15NO5. The smallest absolute Gasteiger partial charge is 0.269 e. The normalized spacial score (nSPS) is 12.3. The Hall–Kier alpha value is -2.86. The van der Waals surface area contributed by atoms with Crippen molar-refractivity contribution in [3.05, 3.63) is 70.0 Å². The minimum atomic E-state index is -0.436. The molecule has 0 saturated carbocycles. The number of methoxy groups -OCH3 is 2. The lowest BCUT2D eigenvalue weighted by molar-refractivity contribution is -0.384. The number of nitro groups is 1. The Labute approximate surface area is 132 Å². The monoisotopic (exact) mass is 313 g/mol. The van der Waals surface area contributed by atoms with E-state index in [0.717, 1.165) is 22.3 Å². The fourth-order valence-electron chi connectivity index (χ4n) is 2.49. The molecule has 0 aliphatic heterocycles. The van der Waals surface area contributed by atoms with E-state index in [4.69, 9.17) is 13.9 Å². The predicted octanol–water partition coefficient (Wildman–Crippen LogP) is 4.09. The summed E-state index contributed by atoms with van der Waals surface area (Å²) in [5, 5.41) is 11.6. The van der Waals surface area contributed by atoms with Crippen molar-refractivity contribution in [1.82, 2.24) is 0 Å². The number of hydrogen-bond acceptors (Lipinski definition) is 5. The second-order valence-corrected chi connectivity index (χ2v) is 5.02. The van der Waals surface area contributed by atoms with Gasteiger partial charge in [-0.05, 0) is 42.0 Å². The van der Waals surface area contributed by atoms with Crippen LogP contribution in [0.4, 0.5) is 5.69 Å². The molecule has 0 N–H and O–H groups in total. The first kappa shape index (κ1) is 15.1. The van der Waals surface area contributed by atoms with Gasteiger partial charge in [0.1, 0.15) is 23.2 Å². The first-order valence-electron chi connectivity index (χ1n) is 6.97. The molecule has 6 nitrogen and oxygen atoms in total. The number of non-ortho nitro benzene ring substituents is 1. The van der Waals surface area contributed by atoms with E-state index in [1.165, 1.54) is 12.1 Å². The number of ether oxygens (including phenoxy) is 2. The van der Waals surface area contributed by atoms with Crippen LogP contribution in [0, 0.1) is 10.1 Å². The predicted molar refractivity (Wildman–Crippen MR) is 84.7 cm³/mol. The van der Waals surface area contributed by atoms with E-state index in [2.05, 4.69) is 0 Å². The Morgan fingerprint density at radius 1 is 1.09 bits per heavy atom. The molecule has 1 heterocycles. The second kappa shape index (κ2) is 6.10. The first-order valence-corrected chi connectivity index (χ1v) is 6.97. The van der Waals surface area contributed by atoms with Crippen molar-refractivity contribution in [2.45, 2.75) is 6.10 Å². The van der Waals surface area contributed by atoms with Crippen LogP contribution in [0.15, 0.2) is 52.9 Å². The van der Waals surface area contributed by atoms with Gasteiger partial charge in [-0.1, -0.05) is 0 Å². The van der Waals surface area contributed by atoms with Crippen LogP contribution in [-0.4, -0.2) is 19.1 Å². The number of nitro benzene ring substituents is 1. The summed E-state index contributed by atoms with van der Waals surface area (Å²) in [6.07, 6.45) is -0.436. The van der Waals surface area contributed by atoms with E-state index in [-0.39, 0.29) is 5.69 Å². The summed E-state index contributed by atoms with van der Waals surface area (Å²) in [5.74, 6) is 1.37. The van der Waals surface area contributed by atoms with Crippen LogP contribution in [-0.2, 0) is 4.74 Å². The molecule has 0 amide bonds. The van der Waals surface area contributed by atoms with Crippen LogP contribution in [0.25, 0.3) is 11.0 Å². The lowest BCUT2D eigenvalue weighted by Gasteiger charge is -2.12. The number of benzene rings is 2. The Morgan fingerprint density at radius 2 is 1.83 bits per heavy atom. The lowest BCUT2D eigenvalue weighted by Crippen LogP contribution is -2.02. The molecule has 0 fully saturated rings. The minimum Gasteiger partial charge on any atom is -0.497 e. The summed E-state index contributed by atoms with van der Waals surface area (Å²) in [4.78, 5) is 10.3. The molecule has 0 spiro atoms. The minimum absolute atomic E-state index is 0.0398. The van der Waals surface area contributed by atoms with Crippen LogP contribution >= 0.6 is 0 Å². The average molecular weight is 313 g/mol. The lowest BCUT2D eigenvalue weighted by atomic mass is 10.1. The Kier molecular flexibility index (Phi) is 3.99. The van der Waals surface area contributed by atoms with Crippen molar-refractivity contribution in [2.75, 3.05) is 14.2 Å². The Morgan fingerprint density at radius 3 is 2.43 bits per heavy atom. The Bertz CT molecular complexity index is 838. The zero-order valence-corrected chi connectivity index (χ0v) is 12.7. The molecule has 1 atom stereocenters. The third-order valence-electron chi connectivity index (χ3n) is 3.64. The summed E-state index contributed by atoms with van der Waals surface area (Å²) in [5.41, 5.74) is 1.55. The van der Waals surface area contributed by atoms with Crippen molar-refractivity contribution in [3.8, 4) is 5.75 Å². The van der Waals surface area contributed by atoms with Crippen molar-refractivity contribution < 1.29 is 18.8 Å². The zero-order valence-electron chi connectivity index (χ0n) is 12.7. The van der Waals surface area contributed by atoms with Gasteiger partial charge in [0.25, 0.3) is 5.69 Å². The van der Waals surface area contributed by atoms with Gasteiger partial charge in [0.15, 0.2) is 0 Å². The molecule has 0 aliphatic rings. The van der Waals surface area contributed by atoms with Crippen LogP contribution < -0.4 is 4.74 Å². The maximum absolute atomic E-state index is 10.7. The van der Waals surface area contributed by atoms with Crippen LogP contribution in [0.5, 0.6) is 5.75 Å². The molecule has 3 aromatic rings. The molecule has 2 aromatic carbocycles. The van der Waals surface area contributed by atoms with Gasteiger partial charge in [-0.3, -0.25) is 10.1 Å². The topological polar surface area (TPSA) is 74.7 Å². The third-order valence-corrected chi connectivity index (χ3v) is 3.64. The molecular weight excluding hydrogens is 298 g/mol. The fourth-order valence-corrected chi connectivity index (χ4v) is 2.49. The van der Waals surface area contributed by atoms with Crippen LogP contribution in [0.2, 0.25) is 0 Å². The second-order valence-electron chi connectivity index (χ2n) is 5.02. The molecule has 1 unspecified atom stereocenters. The molecule has 0 bridgehead atoms. The summed E-state index contributed by atoms with van der Waals surface area (Å²) in [6, 6.07) is 13.7. The first-order chi connectivity index (χ1) is 11.1. The molecule has 23 heavy (non-hydrogen) atoms. The van der Waals surface area contributed by atoms with E-state index in [0.29, 0.717) is 5.76 Å². The highest BCUT2D eigenvalue weighted by molar-refractivity contribution is 5.79. The van der Waals surface area contributed by atoms with Crippen molar-refractivity contribution in [3.63, 3.8) is 0 Å². The summed E-state index contributed by atoms with van der Waals surface area (Å²) in [6.45, 7) is 0. The van der Waals surface area contributed by atoms with Gasteiger partial charge >= 0.3 is 0 Å². The van der Waals surface area contributed by atoms with Crippen LogP contribution in [0.3, 0.4) is 0 Å². The number of nitrogens with zero attached hydrogens (tertiary/aromatic N) is 1. The number of furan rings is 1. The molecule has 1 aromatic heterocycles. The number of hydrogen-bond donors (Lipinski definition) is 0. The number of fused-ring (bicyclic) bond motifs is 1. The standard InChI is InChI=1S/C17H15NO5/c1-21-14-7-8-15-12(9-14)10-16(23-15)17(22-2)11-3-5-13(6-4-11)18(19)20/h3-10,17H,1-2H3. The molecule has 0 radical (unpaired) electrons. The summed E-state index contributed by atoms with van der Waals surface area (Å²) < 4.78 is 16.6. The maximum Gasteiger partial charge on any atom is 0.269 e. The van der Waals surface area contributed by atoms with Crippen molar-refractivity contribution in [2.24, 2.45) is 0 Å². The third kappa shape index (κ3) is 2.89. The van der Waals surface area contributed by atoms with Gasteiger partial charge in [-0.25, -0.2) is 0 Å². The maximum atomic E-state index is 10.7. The summed E-state index contributed by atoms with van der Waals surface area (Å²) >= 11 is 0. The number of rotatable bonds is 5. The zero-order chi connectivity index (χ0) is 16.4. The fraction of sp³-hybridized carbons (Fsp3) is 0.176. The molecule has 0 aliphatic carbocycles. The average Bonchev–Trinajstić information content (AvgIpc) is 2.98. The molecule has 118 valence electrons. The van der Waals surface area contributed by atoms with Gasteiger partial charge in [-0.15, -0.1) is 0 Å². The highest BCUT2D eigenvalue weighted by Gasteiger charge is 2.19. The van der Waals surface area contributed by atoms with Crippen molar-refractivity contribution in [1.29, 1.82) is 0 Å². The van der Waals surface area contributed by atoms with E-state index < -0.39 is 11.0 Å². The highest BCUT2D eigenvalue weighted by Crippen LogP contribution is 2.32. The molecule has 0 saturated heterocycles. The quantitative estimate of drug-likeness (QED) is 0.524. The van der Waals surface area contributed by atoms with Gasteiger partial charge < -0.3 is 13.9 Å². The van der Waals surface area contributed by atoms with Gasteiger partial charge in [0.05, 0.1) is 12.0 Å².